The quantitative estimate of drug-likeness (QED) is 0.904. The Morgan fingerprint density at radius 2 is 1.90 bits per heavy atom. The van der Waals surface area contributed by atoms with Crippen LogP contribution in [0.5, 0.6) is 0 Å². The molecule has 0 radical (unpaired) electrons. The van der Waals surface area contributed by atoms with Crippen molar-refractivity contribution in [3.05, 3.63) is 41.7 Å². The summed E-state index contributed by atoms with van der Waals surface area (Å²) in [7, 11) is 0. The van der Waals surface area contributed by atoms with E-state index in [0.29, 0.717) is 11.3 Å². The number of nitrogens with one attached hydrogen (secondary N) is 1. The van der Waals surface area contributed by atoms with E-state index in [0.717, 1.165) is 18.9 Å². The molecule has 0 aromatic carbocycles. The summed E-state index contributed by atoms with van der Waals surface area (Å²) in [5.74, 6) is 2.78. The van der Waals surface area contributed by atoms with Gasteiger partial charge in [0.2, 0.25) is 0 Å². The van der Waals surface area contributed by atoms with E-state index in [1.807, 2.05) is 24.5 Å². The Balaban J connectivity index is 1.73. The van der Waals surface area contributed by atoms with Crippen LogP contribution in [0.15, 0.2) is 24.5 Å². The van der Waals surface area contributed by atoms with Gasteiger partial charge in [0.05, 0.1) is 6.04 Å². The maximum absolute atomic E-state index is 4.49. The summed E-state index contributed by atoms with van der Waals surface area (Å²) in [6.07, 6.45) is 4.88. The van der Waals surface area contributed by atoms with Crippen molar-refractivity contribution in [2.75, 3.05) is 6.54 Å². The van der Waals surface area contributed by atoms with E-state index in [9.17, 15) is 0 Å². The van der Waals surface area contributed by atoms with Gasteiger partial charge in [0.1, 0.15) is 5.82 Å². The molecular formula is C15H19N5. The van der Waals surface area contributed by atoms with Crippen molar-refractivity contribution in [3.8, 4) is 0 Å². The highest BCUT2D eigenvalue weighted by molar-refractivity contribution is 5.26. The van der Waals surface area contributed by atoms with E-state index in [4.69, 9.17) is 0 Å². The molecule has 2 atom stereocenters. The average molecular weight is 269 g/mol. The van der Waals surface area contributed by atoms with E-state index in [1.54, 1.807) is 0 Å². The maximum atomic E-state index is 4.49. The normalized spacial score (nSPS) is 27.1. The lowest BCUT2D eigenvalue weighted by atomic mass is 10.1. The van der Waals surface area contributed by atoms with Gasteiger partial charge in [-0.2, -0.15) is 0 Å². The molecule has 1 saturated carbocycles. The summed E-state index contributed by atoms with van der Waals surface area (Å²) in [5.41, 5.74) is 1.59. The molecule has 1 aliphatic carbocycles. The van der Waals surface area contributed by atoms with Crippen LogP contribution in [0.4, 0.5) is 0 Å². The number of pyridine rings is 1. The van der Waals surface area contributed by atoms with Crippen LogP contribution < -0.4 is 5.32 Å². The lowest BCUT2D eigenvalue weighted by Crippen LogP contribution is -2.35. The van der Waals surface area contributed by atoms with E-state index >= 15 is 0 Å². The van der Waals surface area contributed by atoms with Crippen LogP contribution >= 0.6 is 0 Å². The molecule has 2 aromatic heterocycles. The molecule has 4 rings (SSSR count). The number of hydrogen-bond acceptors (Lipinski definition) is 4. The molecule has 0 amide bonds. The standard InChI is InChI=1S/C15H19N5/c1-15(2)9-11(15)13-18-19-14-12(17-7-8-20(13)14)10-3-5-16-6-4-10/h3-6,11-12,17H,7-9H2,1-2H3. The van der Waals surface area contributed by atoms with Crippen molar-refractivity contribution >= 4 is 0 Å². The third kappa shape index (κ3) is 1.77. The summed E-state index contributed by atoms with van der Waals surface area (Å²) in [5, 5.41) is 12.5. The van der Waals surface area contributed by atoms with Gasteiger partial charge >= 0.3 is 0 Å². The SMILES string of the molecule is CC1(C)CC1c1nnc2n1CCNC2c1ccncc1. The minimum absolute atomic E-state index is 0.134. The van der Waals surface area contributed by atoms with Gasteiger partial charge in [-0.05, 0) is 29.5 Å². The van der Waals surface area contributed by atoms with Crippen LogP contribution in [0.3, 0.4) is 0 Å². The molecular weight excluding hydrogens is 250 g/mol. The minimum Gasteiger partial charge on any atom is -0.312 e. The summed E-state index contributed by atoms with van der Waals surface area (Å²) < 4.78 is 2.32. The van der Waals surface area contributed by atoms with Gasteiger partial charge in [-0.1, -0.05) is 13.8 Å². The maximum Gasteiger partial charge on any atom is 0.154 e. The first kappa shape index (κ1) is 12.0. The second-order valence-electron chi connectivity index (χ2n) is 6.48. The summed E-state index contributed by atoms with van der Waals surface area (Å²) in [6, 6.07) is 4.22. The predicted octanol–water partition coefficient (Wildman–Crippen LogP) is 1.88. The fourth-order valence-corrected chi connectivity index (χ4v) is 3.17. The molecule has 2 unspecified atom stereocenters. The van der Waals surface area contributed by atoms with Crippen molar-refractivity contribution in [1.82, 2.24) is 25.1 Å². The molecule has 20 heavy (non-hydrogen) atoms. The molecule has 1 aliphatic heterocycles. The molecule has 2 aromatic rings. The Labute approximate surface area is 118 Å². The molecule has 0 saturated heterocycles. The Hall–Kier alpha value is -1.75. The lowest BCUT2D eigenvalue weighted by molar-refractivity contribution is 0.443. The summed E-state index contributed by atoms with van der Waals surface area (Å²) in [4.78, 5) is 4.09. The topological polar surface area (TPSA) is 55.6 Å². The summed E-state index contributed by atoms with van der Waals surface area (Å²) in [6.45, 7) is 6.53. The second-order valence-corrected chi connectivity index (χ2v) is 6.48. The highest BCUT2D eigenvalue weighted by Crippen LogP contribution is 2.58. The first-order chi connectivity index (χ1) is 9.67. The number of nitrogens with zero attached hydrogens (tertiary/aromatic N) is 4. The Morgan fingerprint density at radius 1 is 1.20 bits per heavy atom. The number of aromatic nitrogens is 4. The Morgan fingerprint density at radius 3 is 2.60 bits per heavy atom. The van der Waals surface area contributed by atoms with E-state index in [1.165, 1.54) is 17.8 Å². The highest BCUT2D eigenvalue weighted by Gasteiger charge is 2.50. The smallest absolute Gasteiger partial charge is 0.154 e. The predicted molar refractivity (Wildman–Crippen MR) is 75.2 cm³/mol. The largest absolute Gasteiger partial charge is 0.312 e. The van der Waals surface area contributed by atoms with Crippen LogP contribution in [0, 0.1) is 5.41 Å². The average Bonchev–Trinajstić information content (AvgIpc) is 2.91. The van der Waals surface area contributed by atoms with Gasteiger partial charge in [-0.15, -0.1) is 10.2 Å². The first-order valence-corrected chi connectivity index (χ1v) is 7.23. The van der Waals surface area contributed by atoms with Gasteiger partial charge in [0.15, 0.2) is 5.82 Å². The highest BCUT2D eigenvalue weighted by atomic mass is 15.3. The van der Waals surface area contributed by atoms with Crippen molar-refractivity contribution in [3.63, 3.8) is 0 Å². The van der Waals surface area contributed by atoms with Crippen LogP contribution in [0.2, 0.25) is 0 Å². The second kappa shape index (κ2) is 4.12. The van der Waals surface area contributed by atoms with Crippen molar-refractivity contribution in [1.29, 1.82) is 0 Å². The fourth-order valence-electron chi connectivity index (χ4n) is 3.17. The fraction of sp³-hybridized carbons (Fsp3) is 0.533. The lowest BCUT2D eigenvalue weighted by Gasteiger charge is -2.25. The third-order valence-corrected chi connectivity index (χ3v) is 4.61. The monoisotopic (exact) mass is 269 g/mol. The molecule has 1 fully saturated rings. The zero-order valence-corrected chi connectivity index (χ0v) is 11.9. The van der Waals surface area contributed by atoms with Gasteiger partial charge in [-0.25, -0.2) is 0 Å². The molecule has 2 aliphatic rings. The van der Waals surface area contributed by atoms with Gasteiger partial charge in [0, 0.05) is 31.4 Å². The van der Waals surface area contributed by atoms with Crippen LogP contribution in [0.25, 0.3) is 0 Å². The number of fused-ring (bicyclic) bond motifs is 1. The Kier molecular flexibility index (Phi) is 2.48. The van der Waals surface area contributed by atoms with Crippen LogP contribution in [-0.4, -0.2) is 26.3 Å². The molecule has 3 heterocycles. The van der Waals surface area contributed by atoms with Crippen molar-refractivity contribution in [2.45, 2.75) is 38.8 Å². The first-order valence-electron chi connectivity index (χ1n) is 7.23. The molecule has 0 spiro atoms. The van der Waals surface area contributed by atoms with E-state index < -0.39 is 0 Å². The molecule has 1 N–H and O–H groups in total. The number of rotatable bonds is 2. The van der Waals surface area contributed by atoms with Gasteiger partial charge in [-0.3, -0.25) is 4.98 Å². The van der Waals surface area contributed by atoms with Gasteiger partial charge < -0.3 is 9.88 Å². The number of hydrogen-bond donors (Lipinski definition) is 1. The third-order valence-electron chi connectivity index (χ3n) is 4.61. The zero-order chi connectivity index (χ0) is 13.7. The van der Waals surface area contributed by atoms with Crippen LogP contribution in [-0.2, 0) is 6.54 Å². The minimum atomic E-state index is 0.134. The zero-order valence-electron chi connectivity index (χ0n) is 11.9. The van der Waals surface area contributed by atoms with Crippen LogP contribution in [0.1, 0.15) is 49.4 Å². The van der Waals surface area contributed by atoms with Crippen molar-refractivity contribution in [2.24, 2.45) is 5.41 Å². The van der Waals surface area contributed by atoms with Crippen molar-refractivity contribution < 1.29 is 0 Å². The molecule has 104 valence electrons. The molecule has 5 nitrogen and oxygen atoms in total. The molecule has 0 bridgehead atoms. The van der Waals surface area contributed by atoms with Gasteiger partial charge in [0.25, 0.3) is 0 Å². The van der Waals surface area contributed by atoms with E-state index in [-0.39, 0.29) is 6.04 Å². The Bertz CT molecular complexity index is 631. The van der Waals surface area contributed by atoms with E-state index in [2.05, 4.69) is 38.9 Å². The summed E-state index contributed by atoms with van der Waals surface area (Å²) >= 11 is 0. The molecule has 5 heteroatoms.